The van der Waals surface area contributed by atoms with Crippen LogP contribution in [0.4, 0.5) is 0 Å². The van der Waals surface area contributed by atoms with Crippen molar-refractivity contribution in [3.05, 3.63) is 18.0 Å². The summed E-state index contributed by atoms with van der Waals surface area (Å²) in [6.07, 6.45) is 11.9. The van der Waals surface area contributed by atoms with Crippen molar-refractivity contribution in [2.75, 3.05) is 13.1 Å². The van der Waals surface area contributed by atoms with Crippen molar-refractivity contribution < 1.29 is 4.79 Å². The summed E-state index contributed by atoms with van der Waals surface area (Å²) in [4.78, 5) is 15.7. The number of carbonyl (C=O) groups excluding carboxylic acids is 1. The van der Waals surface area contributed by atoms with Crippen molar-refractivity contribution in [1.82, 2.24) is 15.1 Å². The second-order valence-corrected chi connectivity index (χ2v) is 8.80. The lowest BCUT2D eigenvalue weighted by molar-refractivity contribution is -0.158. The summed E-state index contributed by atoms with van der Waals surface area (Å²) in [5.41, 5.74) is 1.22. The first-order valence-corrected chi connectivity index (χ1v) is 9.50. The monoisotopic (exact) mass is 313 g/mol. The molecular formula is C19H27N3O. The number of hydrogen-bond acceptors (Lipinski definition) is 2. The molecule has 4 heteroatoms. The molecule has 1 aliphatic heterocycles. The summed E-state index contributed by atoms with van der Waals surface area (Å²) in [6, 6.07) is 2.07. The number of H-pyrrole nitrogens is 1. The van der Waals surface area contributed by atoms with Gasteiger partial charge in [-0.3, -0.25) is 9.89 Å². The molecule has 4 nitrogen and oxygen atoms in total. The minimum atomic E-state index is 0.0185. The molecule has 5 aliphatic rings. The highest BCUT2D eigenvalue weighted by Gasteiger charge is 2.55. The Kier molecular flexibility index (Phi) is 3.11. The summed E-state index contributed by atoms with van der Waals surface area (Å²) in [5, 5.41) is 7.21. The molecule has 4 bridgehead atoms. The zero-order chi connectivity index (χ0) is 15.4. The number of aromatic nitrogens is 2. The fourth-order valence-corrected chi connectivity index (χ4v) is 6.62. The number of nitrogens with zero attached hydrogens (tertiary/aromatic N) is 2. The van der Waals surface area contributed by atoms with E-state index in [-0.39, 0.29) is 5.41 Å². The quantitative estimate of drug-likeness (QED) is 0.910. The van der Waals surface area contributed by atoms with Gasteiger partial charge in [-0.2, -0.15) is 5.10 Å². The minimum Gasteiger partial charge on any atom is -0.342 e. The van der Waals surface area contributed by atoms with Gasteiger partial charge in [-0.15, -0.1) is 0 Å². The molecule has 1 amide bonds. The van der Waals surface area contributed by atoms with Gasteiger partial charge in [0, 0.05) is 30.9 Å². The average molecular weight is 313 g/mol. The van der Waals surface area contributed by atoms with E-state index in [1.807, 2.05) is 6.20 Å². The highest BCUT2D eigenvalue weighted by atomic mass is 16.2. The topological polar surface area (TPSA) is 49.0 Å². The van der Waals surface area contributed by atoms with Gasteiger partial charge in [0.1, 0.15) is 0 Å². The third-order valence-electron chi connectivity index (χ3n) is 7.16. The standard InChI is InChI=1S/C19H27N3O/c23-18(19-9-13-6-14(10-19)8-15(7-13)11-19)22-5-1-2-16(12-22)17-3-4-20-21-17/h3-4,13-16H,1-2,5-12H2,(H,20,21)/t13?,14?,15?,16-,19?/m0/s1. The van der Waals surface area contributed by atoms with E-state index in [9.17, 15) is 4.79 Å². The number of aromatic amines is 1. The summed E-state index contributed by atoms with van der Waals surface area (Å²) in [6.45, 7) is 1.86. The zero-order valence-corrected chi connectivity index (χ0v) is 13.8. The Balaban J connectivity index is 1.36. The van der Waals surface area contributed by atoms with Crippen molar-refractivity contribution in [3.8, 4) is 0 Å². The normalized spacial score (nSPS) is 42.2. The Labute approximate surface area is 138 Å². The van der Waals surface area contributed by atoms with Crippen LogP contribution < -0.4 is 0 Å². The van der Waals surface area contributed by atoms with Gasteiger partial charge in [0.15, 0.2) is 0 Å². The van der Waals surface area contributed by atoms with E-state index in [1.54, 1.807) is 0 Å². The Morgan fingerprint density at radius 2 is 1.87 bits per heavy atom. The molecule has 0 aromatic carbocycles. The summed E-state index contributed by atoms with van der Waals surface area (Å²) in [5.74, 6) is 3.49. The molecule has 5 fully saturated rings. The van der Waals surface area contributed by atoms with Crippen LogP contribution in [0.2, 0.25) is 0 Å². The Bertz CT molecular complexity index is 558. The average Bonchev–Trinajstić information content (AvgIpc) is 3.07. The molecule has 4 saturated carbocycles. The molecule has 1 aromatic rings. The van der Waals surface area contributed by atoms with Gasteiger partial charge in [0.25, 0.3) is 0 Å². The van der Waals surface area contributed by atoms with Crippen LogP contribution in [0.5, 0.6) is 0 Å². The molecule has 6 rings (SSSR count). The number of rotatable bonds is 2. The molecule has 1 saturated heterocycles. The molecule has 124 valence electrons. The molecule has 1 aromatic heterocycles. The molecule has 0 unspecified atom stereocenters. The fraction of sp³-hybridized carbons (Fsp3) is 0.789. The SMILES string of the molecule is O=C(N1CCC[C@H](c2ccn[nH]2)C1)C12CC3CC(CC(C3)C1)C2. The van der Waals surface area contributed by atoms with Crippen LogP contribution in [-0.4, -0.2) is 34.1 Å². The molecule has 0 radical (unpaired) electrons. The Morgan fingerprint density at radius 1 is 1.17 bits per heavy atom. The van der Waals surface area contributed by atoms with Crippen LogP contribution in [0.15, 0.2) is 12.3 Å². The summed E-state index contributed by atoms with van der Waals surface area (Å²) < 4.78 is 0. The highest BCUT2D eigenvalue weighted by molar-refractivity contribution is 5.83. The Hall–Kier alpha value is -1.32. The van der Waals surface area contributed by atoms with E-state index in [1.165, 1.54) is 50.6 Å². The van der Waals surface area contributed by atoms with E-state index in [2.05, 4.69) is 21.2 Å². The lowest BCUT2D eigenvalue weighted by Crippen LogP contribution is -2.55. The van der Waals surface area contributed by atoms with Gasteiger partial charge >= 0.3 is 0 Å². The van der Waals surface area contributed by atoms with E-state index in [4.69, 9.17) is 0 Å². The van der Waals surface area contributed by atoms with Gasteiger partial charge in [-0.1, -0.05) is 0 Å². The third kappa shape index (κ3) is 2.25. The van der Waals surface area contributed by atoms with E-state index >= 15 is 0 Å². The van der Waals surface area contributed by atoms with Crippen LogP contribution in [0, 0.1) is 23.2 Å². The van der Waals surface area contributed by atoms with Gasteiger partial charge in [-0.25, -0.2) is 0 Å². The molecule has 4 aliphatic carbocycles. The molecule has 23 heavy (non-hydrogen) atoms. The zero-order valence-electron chi connectivity index (χ0n) is 13.8. The maximum atomic E-state index is 13.5. The van der Waals surface area contributed by atoms with Crippen molar-refractivity contribution in [2.24, 2.45) is 23.2 Å². The first-order valence-electron chi connectivity index (χ1n) is 9.50. The van der Waals surface area contributed by atoms with Gasteiger partial charge in [-0.05, 0) is 75.2 Å². The van der Waals surface area contributed by atoms with Crippen LogP contribution in [0.1, 0.15) is 63.0 Å². The molecule has 2 heterocycles. The van der Waals surface area contributed by atoms with Crippen molar-refractivity contribution >= 4 is 5.91 Å². The maximum absolute atomic E-state index is 13.5. The maximum Gasteiger partial charge on any atom is 0.228 e. The Morgan fingerprint density at radius 3 is 2.48 bits per heavy atom. The van der Waals surface area contributed by atoms with Gasteiger partial charge < -0.3 is 4.90 Å². The third-order valence-corrected chi connectivity index (χ3v) is 7.16. The second-order valence-electron chi connectivity index (χ2n) is 8.80. The van der Waals surface area contributed by atoms with Gasteiger partial charge in [0.05, 0.1) is 5.41 Å². The smallest absolute Gasteiger partial charge is 0.228 e. The van der Waals surface area contributed by atoms with E-state index < -0.39 is 0 Å². The number of piperidine rings is 1. The number of amides is 1. The first-order chi connectivity index (χ1) is 11.2. The predicted octanol–water partition coefficient (Wildman–Crippen LogP) is 3.33. The number of nitrogens with one attached hydrogen (secondary N) is 1. The number of carbonyl (C=O) groups is 1. The van der Waals surface area contributed by atoms with E-state index in [0.717, 1.165) is 37.3 Å². The minimum absolute atomic E-state index is 0.0185. The van der Waals surface area contributed by atoms with Crippen molar-refractivity contribution in [3.63, 3.8) is 0 Å². The van der Waals surface area contributed by atoms with Crippen LogP contribution in [-0.2, 0) is 4.79 Å². The summed E-state index contributed by atoms with van der Waals surface area (Å²) in [7, 11) is 0. The van der Waals surface area contributed by atoms with Crippen LogP contribution in [0.3, 0.4) is 0 Å². The fourth-order valence-electron chi connectivity index (χ4n) is 6.62. The largest absolute Gasteiger partial charge is 0.342 e. The van der Waals surface area contributed by atoms with E-state index in [0.29, 0.717) is 11.8 Å². The van der Waals surface area contributed by atoms with Crippen LogP contribution >= 0.6 is 0 Å². The van der Waals surface area contributed by atoms with Gasteiger partial charge in [0.2, 0.25) is 5.91 Å². The first kappa shape index (κ1) is 14.1. The highest BCUT2D eigenvalue weighted by Crippen LogP contribution is 2.60. The summed E-state index contributed by atoms with van der Waals surface area (Å²) >= 11 is 0. The number of hydrogen-bond donors (Lipinski definition) is 1. The van der Waals surface area contributed by atoms with Crippen LogP contribution in [0.25, 0.3) is 0 Å². The molecule has 1 N–H and O–H groups in total. The molecular weight excluding hydrogens is 286 g/mol. The van der Waals surface area contributed by atoms with Crippen molar-refractivity contribution in [1.29, 1.82) is 0 Å². The molecule has 1 atom stereocenters. The molecule has 0 spiro atoms. The lowest BCUT2D eigenvalue weighted by Gasteiger charge is -2.57. The second kappa shape index (κ2) is 5.09. The number of likely N-dealkylation sites (tertiary alicyclic amines) is 1. The van der Waals surface area contributed by atoms with Crippen molar-refractivity contribution in [2.45, 2.75) is 57.3 Å². The lowest BCUT2D eigenvalue weighted by atomic mass is 9.49. The predicted molar refractivity (Wildman–Crippen MR) is 87.7 cm³/mol.